The molecule has 5 heteroatoms. The van der Waals surface area contributed by atoms with Crippen LogP contribution in [0.3, 0.4) is 0 Å². The zero-order chi connectivity index (χ0) is 16.7. The fourth-order valence-corrected chi connectivity index (χ4v) is 4.16. The fraction of sp³-hybridized carbons (Fsp3) is 0.158. The Hall–Kier alpha value is -2.55. The van der Waals surface area contributed by atoms with E-state index in [0.717, 1.165) is 28.3 Å². The van der Waals surface area contributed by atoms with E-state index in [2.05, 4.69) is 17.1 Å². The second-order valence-electron chi connectivity index (χ2n) is 5.85. The molecule has 0 saturated carbocycles. The summed E-state index contributed by atoms with van der Waals surface area (Å²) >= 11 is 1.55. The van der Waals surface area contributed by atoms with Crippen LogP contribution in [0.25, 0.3) is 21.0 Å². The molecule has 0 saturated heterocycles. The first kappa shape index (κ1) is 15.0. The number of nitrogens with zero attached hydrogens (tertiary/aromatic N) is 2. The van der Waals surface area contributed by atoms with E-state index in [0.29, 0.717) is 0 Å². The molecule has 0 amide bonds. The lowest BCUT2D eigenvalue weighted by Crippen LogP contribution is -2.04. The lowest BCUT2D eigenvalue weighted by atomic mass is 10.0. The van der Waals surface area contributed by atoms with Gasteiger partial charge in [-0.25, -0.2) is 9.37 Å². The third-order valence-electron chi connectivity index (χ3n) is 4.42. The van der Waals surface area contributed by atoms with Crippen molar-refractivity contribution in [1.82, 2.24) is 4.98 Å². The normalized spacial score (nSPS) is 16.0. The van der Waals surface area contributed by atoms with Gasteiger partial charge in [-0.05, 0) is 47.7 Å². The summed E-state index contributed by atoms with van der Waals surface area (Å²) in [5.74, 6) is -0.507. The average molecular weight is 335 g/mol. The van der Waals surface area contributed by atoms with Crippen molar-refractivity contribution in [3.05, 3.63) is 65.1 Å². The van der Waals surface area contributed by atoms with Crippen molar-refractivity contribution < 1.29 is 4.39 Å². The van der Waals surface area contributed by atoms with E-state index in [1.54, 1.807) is 23.5 Å². The van der Waals surface area contributed by atoms with Crippen molar-refractivity contribution in [1.29, 1.82) is 5.26 Å². The molecule has 1 aromatic heterocycles. The Labute approximate surface area is 143 Å². The highest BCUT2D eigenvalue weighted by Gasteiger charge is 2.22. The van der Waals surface area contributed by atoms with Crippen molar-refractivity contribution in [2.75, 3.05) is 0 Å². The molecule has 3 nitrogen and oxygen atoms in total. The summed E-state index contributed by atoms with van der Waals surface area (Å²) in [6.45, 7) is 0. The molecular formula is C19H14FN3S. The summed E-state index contributed by atoms with van der Waals surface area (Å²) in [6, 6.07) is 12.7. The van der Waals surface area contributed by atoms with Crippen LogP contribution in [0.5, 0.6) is 0 Å². The highest BCUT2D eigenvalue weighted by molar-refractivity contribution is 7.18. The predicted octanol–water partition coefficient (Wildman–Crippen LogP) is 4.43. The molecule has 2 N–H and O–H groups in total. The van der Waals surface area contributed by atoms with Gasteiger partial charge in [0.25, 0.3) is 0 Å². The number of nitriles is 1. The molecule has 2 aromatic carbocycles. The maximum atomic E-state index is 13.5. The number of aromatic nitrogens is 1. The van der Waals surface area contributed by atoms with E-state index in [1.807, 2.05) is 18.3 Å². The minimum absolute atomic E-state index is 0.0378. The van der Waals surface area contributed by atoms with Gasteiger partial charge in [-0.1, -0.05) is 18.2 Å². The molecule has 24 heavy (non-hydrogen) atoms. The van der Waals surface area contributed by atoms with Crippen LogP contribution in [0.15, 0.2) is 42.6 Å². The maximum absolute atomic E-state index is 13.5. The molecule has 0 radical (unpaired) electrons. The topological polar surface area (TPSA) is 62.7 Å². The first-order chi connectivity index (χ1) is 11.7. The van der Waals surface area contributed by atoms with E-state index in [4.69, 9.17) is 11.0 Å². The van der Waals surface area contributed by atoms with E-state index in [-0.39, 0.29) is 11.6 Å². The molecule has 1 heterocycles. The number of nitrogens with two attached hydrogens (primary N) is 1. The van der Waals surface area contributed by atoms with Crippen LogP contribution in [0.4, 0.5) is 4.39 Å². The van der Waals surface area contributed by atoms with Crippen LogP contribution in [0.2, 0.25) is 0 Å². The van der Waals surface area contributed by atoms with Gasteiger partial charge >= 0.3 is 0 Å². The predicted molar refractivity (Wildman–Crippen MR) is 92.9 cm³/mol. The standard InChI is InChI=1S/C19H14FN3S/c20-16-6-4-11(8-12(16)9-21)19-23-10-18(24-19)15-3-1-2-14-13(15)5-7-17(14)22/h1-4,6,8,10,17H,5,7,22H2. The van der Waals surface area contributed by atoms with E-state index in [1.165, 1.54) is 22.8 Å². The lowest BCUT2D eigenvalue weighted by molar-refractivity contribution is 0.624. The summed E-state index contributed by atoms with van der Waals surface area (Å²) < 4.78 is 13.5. The maximum Gasteiger partial charge on any atom is 0.140 e. The summed E-state index contributed by atoms with van der Waals surface area (Å²) in [5.41, 5.74) is 10.6. The van der Waals surface area contributed by atoms with Gasteiger partial charge in [0.15, 0.2) is 0 Å². The molecule has 0 fully saturated rings. The zero-order valence-electron chi connectivity index (χ0n) is 12.8. The summed E-state index contributed by atoms with van der Waals surface area (Å²) in [4.78, 5) is 5.54. The molecule has 1 unspecified atom stereocenters. The SMILES string of the molecule is N#Cc1cc(-c2ncc(-c3cccc4c3CCC4N)s2)ccc1F. The zero-order valence-corrected chi connectivity index (χ0v) is 13.6. The first-order valence-corrected chi connectivity index (χ1v) is 8.52. The molecule has 118 valence electrons. The van der Waals surface area contributed by atoms with Gasteiger partial charge in [0.2, 0.25) is 0 Å². The number of benzene rings is 2. The summed E-state index contributed by atoms with van der Waals surface area (Å²) in [5, 5.41) is 9.76. The van der Waals surface area contributed by atoms with Crippen LogP contribution in [0.1, 0.15) is 29.2 Å². The molecule has 0 bridgehead atoms. The number of fused-ring (bicyclic) bond motifs is 1. The first-order valence-electron chi connectivity index (χ1n) is 7.71. The van der Waals surface area contributed by atoms with Gasteiger partial charge in [0, 0.05) is 17.8 Å². The molecule has 3 aromatic rings. The number of thiazole rings is 1. The highest BCUT2D eigenvalue weighted by Crippen LogP contribution is 2.40. The third kappa shape index (κ3) is 2.41. The summed E-state index contributed by atoms with van der Waals surface area (Å²) in [6.07, 6.45) is 3.80. The molecule has 4 rings (SSSR count). The van der Waals surface area contributed by atoms with Crippen LogP contribution in [-0.4, -0.2) is 4.98 Å². The van der Waals surface area contributed by atoms with Gasteiger partial charge < -0.3 is 5.73 Å². The highest BCUT2D eigenvalue weighted by atomic mass is 32.1. The molecule has 1 aliphatic rings. The minimum Gasteiger partial charge on any atom is -0.324 e. The number of rotatable bonds is 2. The average Bonchev–Trinajstić information content (AvgIpc) is 3.23. The lowest BCUT2D eigenvalue weighted by Gasteiger charge is -2.07. The van der Waals surface area contributed by atoms with Crippen LogP contribution >= 0.6 is 11.3 Å². The second kappa shape index (κ2) is 5.82. The minimum atomic E-state index is -0.507. The molecule has 1 aliphatic carbocycles. The van der Waals surface area contributed by atoms with Crippen LogP contribution < -0.4 is 5.73 Å². The molecule has 0 spiro atoms. The molecule has 1 atom stereocenters. The van der Waals surface area contributed by atoms with E-state index < -0.39 is 5.82 Å². The van der Waals surface area contributed by atoms with Gasteiger partial charge in [-0.15, -0.1) is 11.3 Å². The van der Waals surface area contributed by atoms with Gasteiger partial charge in [0.1, 0.15) is 16.9 Å². The Bertz CT molecular complexity index is 971. The van der Waals surface area contributed by atoms with Crippen LogP contribution in [-0.2, 0) is 6.42 Å². The quantitative estimate of drug-likeness (QED) is 0.753. The van der Waals surface area contributed by atoms with Crippen molar-refractivity contribution in [2.45, 2.75) is 18.9 Å². The fourth-order valence-electron chi connectivity index (χ4n) is 3.19. The number of hydrogen-bond acceptors (Lipinski definition) is 4. The number of hydrogen-bond donors (Lipinski definition) is 1. The molecule has 0 aliphatic heterocycles. The smallest absolute Gasteiger partial charge is 0.140 e. The number of halogens is 1. The summed E-state index contributed by atoms with van der Waals surface area (Å²) in [7, 11) is 0. The van der Waals surface area contributed by atoms with E-state index in [9.17, 15) is 4.39 Å². The van der Waals surface area contributed by atoms with Gasteiger partial charge in [-0.2, -0.15) is 5.26 Å². The monoisotopic (exact) mass is 335 g/mol. The largest absolute Gasteiger partial charge is 0.324 e. The van der Waals surface area contributed by atoms with Crippen molar-refractivity contribution in [2.24, 2.45) is 5.73 Å². The van der Waals surface area contributed by atoms with Gasteiger partial charge in [0.05, 0.1) is 10.4 Å². The Morgan fingerprint density at radius 2 is 2.17 bits per heavy atom. The van der Waals surface area contributed by atoms with Gasteiger partial charge in [-0.3, -0.25) is 0 Å². The van der Waals surface area contributed by atoms with Crippen molar-refractivity contribution in [3.63, 3.8) is 0 Å². The Kier molecular flexibility index (Phi) is 3.64. The van der Waals surface area contributed by atoms with Crippen molar-refractivity contribution >= 4 is 11.3 Å². The molecular weight excluding hydrogens is 321 g/mol. The Morgan fingerprint density at radius 1 is 1.29 bits per heavy atom. The Balaban J connectivity index is 1.76. The third-order valence-corrected chi connectivity index (χ3v) is 5.50. The van der Waals surface area contributed by atoms with Crippen molar-refractivity contribution in [3.8, 4) is 27.1 Å². The Morgan fingerprint density at radius 3 is 3.00 bits per heavy atom. The van der Waals surface area contributed by atoms with Crippen LogP contribution in [0, 0.1) is 17.1 Å². The second-order valence-corrected chi connectivity index (χ2v) is 6.89. The van der Waals surface area contributed by atoms with E-state index >= 15 is 0 Å².